The third-order valence-corrected chi connectivity index (χ3v) is 2.82. The van der Waals surface area contributed by atoms with E-state index in [2.05, 4.69) is 10.2 Å². The van der Waals surface area contributed by atoms with E-state index in [0.717, 1.165) is 0 Å². The van der Waals surface area contributed by atoms with Crippen LogP contribution in [0.3, 0.4) is 0 Å². The van der Waals surface area contributed by atoms with Gasteiger partial charge >= 0.3 is 0 Å². The third kappa shape index (κ3) is 2.56. The van der Waals surface area contributed by atoms with Gasteiger partial charge in [0.25, 0.3) is 5.89 Å². The number of rotatable bonds is 3. The van der Waals surface area contributed by atoms with Gasteiger partial charge in [-0.15, -0.1) is 10.2 Å². The van der Waals surface area contributed by atoms with Crippen molar-refractivity contribution >= 4 is 0 Å². The fourth-order valence-corrected chi connectivity index (χ4v) is 1.89. The van der Waals surface area contributed by atoms with Crippen LogP contribution in [-0.4, -0.2) is 10.2 Å². The Morgan fingerprint density at radius 2 is 1.80 bits per heavy atom. The molecule has 3 rings (SSSR count). The van der Waals surface area contributed by atoms with E-state index in [1.807, 2.05) is 0 Å². The first kappa shape index (κ1) is 12.5. The first-order valence-corrected chi connectivity index (χ1v) is 6.04. The second-order valence-electron chi connectivity index (χ2n) is 4.29. The molecule has 0 saturated heterocycles. The molecule has 20 heavy (non-hydrogen) atoms. The van der Waals surface area contributed by atoms with Crippen molar-refractivity contribution in [3.8, 4) is 11.5 Å². The monoisotopic (exact) mass is 272 g/mol. The highest BCUT2D eigenvalue weighted by Crippen LogP contribution is 2.21. The van der Waals surface area contributed by atoms with E-state index in [0.29, 0.717) is 17.9 Å². The Balaban J connectivity index is 1.86. The highest BCUT2D eigenvalue weighted by molar-refractivity contribution is 5.53. The second kappa shape index (κ2) is 5.21. The molecule has 3 nitrogen and oxygen atoms in total. The zero-order valence-corrected chi connectivity index (χ0v) is 10.4. The van der Waals surface area contributed by atoms with E-state index in [-0.39, 0.29) is 17.3 Å². The predicted molar refractivity (Wildman–Crippen MR) is 68.9 cm³/mol. The molecule has 1 aromatic heterocycles. The maximum absolute atomic E-state index is 13.6. The SMILES string of the molecule is Fc1cccc(Cc2nnc(-c3ccccc3F)o2)c1. The molecule has 0 fully saturated rings. The standard InChI is InChI=1S/C15H10F2N2O/c16-11-5-3-4-10(8-11)9-14-18-19-15(20-14)12-6-1-2-7-13(12)17/h1-8H,9H2. The molecule has 0 aliphatic rings. The van der Waals surface area contributed by atoms with Crippen LogP contribution in [0, 0.1) is 11.6 Å². The van der Waals surface area contributed by atoms with Crippen LogP contribution in [0.5, 0.6) is 0 Å². The number of hydrogen-bond acceptors (Lipinski definition) is 3. The van der Waals surface area contributed by atoms with Crippen molar-refractivity contribution in [1.82, 2.24) is 10.2 Å². The van der Waals surface area contributed by atoms with E-state index in [4.69, 9.17) is 4.42 Å². The number of hydrogen-bond donors (Lipinski definition) is 0. The van der Waals surface area contributed by atoms with E-state index in [9.17, 15) is 8.78 Å². The van der Waals surface area contributed by atoms with Gasteiger partial charge < -0.3 is 4.42 Å². The lowest BCUT2D eigenvalue weighted by Crippen LogP contribution is -1.89. The molecule has 0 aliphatic carbocycles. The van der Waals surface area contributed by atoms with Crippen molar-refractivity contribution < 1.29 is 13.2 Å². The van der Waals surface area contributed by atoms with Gasteiger partial charge in [0.2, 0.25) is 5.89 Å². The average Bonchev–Trinajstić information content (AvgIpc) is 2.87. The maximum Gasteiger partial charge on any atom is 0.250 e. The fraction of sp³-hybridized carbons (Fsp3) is 0.0667. The molecule has 0 N–H and O–H groups in total. The summed E-state index contributed by atoms with van der Waals surface area (Å²) in [7, 11) is 0. The highest BCUT2D eigenvalue weighted by Gasteiger charge is 2.12. The molecule has 3 aromatic rings. The Kier molecular flexibility index (Phi) is 3.25. The summed E-state index contributed by atoms with van der Waals surface area (Å²) in [5, 5.41) is 7.67. The van der Waals surface area contributed by atoms with Gasteiger partial charge in [-0.3, -0.25) is 0 Å². The lowest BCUT2D eigenvalue weighted by molar-refractivity contribution is 0.512. The number of halogens is 2. The Morgan fingerprint density at radius 3 is 2.60 bits per heavy atom. The van der Waals surface area contributed by atoms with Crippen LogP contribution in [0.1, 0.15) is 11.5 Å². The van der Waals surface area contributed by atoms with E-state index in [1.165, 1.54) is 18.2 Å². The summed E-state index contributed by atoms with van der Waals surface area (Å²) in [5.41, 5.74) is 0.972. The summed E-state index contributed by atoms with van der Waals surface area (Å²) in [6, 6.07) is 12.3. The Morgan fingerprint density at radius 1 is 0.950 bits per heavy atom. The van der Waals surface area contributed by atoms with Crippen LogP contribution in [0.15, 0.2) is 52.9 Å². The Bertz CT molecular complexity index is 740. The van der Waals surface area contributed by atoms with Gasteiger partial charge in [0.15, 0.2) is 0 Å². The zero-order valence-electron chi connectivity index (χ0n) is 10.4. The largest absolute Gasteiger partial charge is 0.420 e. The third-order valence-electron chi connectivity index (χ3n) is 2.82. The summed E-state index contributed by atoms with van der Waals surface area (Å²) >= 11 is 0. The van der Waals surface area contributed by atoms with Crippen molar-refractivity contribution in [2.45, 2.75) is 6.42 Å². The molecule has 2 aromatic carbocycles. The van der Waals surface area contributed by atoms with Crippen molar-refractivity contribution in [3.05, 3.63) is 71.6 Å². The fourth-order valence-electron chi connectivity index (χ4n) is 1.89. The number of nitrogens with zero attached hydrogens (tertiary/aromatic N) is 2. The van der Waals surface area contributed by atoms with Gasteiger partial charge in [-0.1, -0.05) is 24.3 Å². The van der Waals surface area contributed by atoms with Crippen LogP contribution in [0.4, 0.5) is 8.78 Å². The molecular weight excluding hydrogens is 262 g/mol. The van der Waals surface area contributed by atoms with E-state index in [1.54, 1.807) is 30.3 Å². The van der Waals surface area contributed by atoms with Crippen molar-refractivity contribution in [3.63, 3.8) is 0 Å². The zero-order chi connectivity index (χ0) is 13.9. The molecule has 0 atom stereocenters. The summed E-state index contributed by atoms with van der Waals surface area (Å²) in [6.45, 7) is 0. The minimum absolute atomic E-state index is 0.120. The topological polar surface area (TPSA) is 38.9 Å². The molecule has 0 unspecified atom stereocenters. The minimum atomic E-state index is -0.423. The molecule has 0 amide bonds. The molecule has 0 radical (unpaired) electrons. The number of benzene rings is 2. The van der Waals surface area contributed by atoms with Gasteiger partial charge in [-0.2, -0.15) is 0 Å². The molecule has 0 bridgehead atoms. The smallest absolute Gasteiger partial charge is 0.250 e. The van der Waals surface area contributed by atoms with E-state index >= 15 is 0 Å². The number of aromatic nitrogens is 2. The molecule has 0 aliphatic heterocycles. The van der Waals surface area contributed by atoms with Crippen LogP contribution in [0.2, 0.25) is 0 Å². The average molecular weight is 272 g/mol. The van der Waals surface area contributed by atoms with Crippen molar-refractivity contribution in [1.29, 1.82) is 0 Å². The summed E-state index contributed by atoms with van der Waals surface area (Å²) in [6.07, 6.45) is 0.305. The van der Waals surface area contributed by atoms with Gasteiger partial charge in [0, 0.05) is 0 Å². The maximum atomic E-state index is 13.6. The highest BCUT2D eigenvalue weighted by atomic mass is 19.1. The Hall–Kier alpha value is -2.56. The van der Waals surface area contributed by atoms with Crippen LogP contribution < -0.4 is 0 Å². The molecule has 5 heteroatoms. The van der Waals surface area contributed by atoms with Crippen molar-refractivity contribution in [2.75, 3.05) is 0 Å². The van der Waals surface area contributed by atoms with Gasteiger partial charge in [0.1, 0.15) is 11.6 Å². The first-order chi connectivity index (χ1) is 9.72. The predicted octanol–water partition coefficient (Wildman–Crippen LogP) is 3.61. The quantitative estimate of drug-likeness (QED) is 0.731. The molecular formula is C15H10F2N2O. The summed E-state index contributed by atoms with van der Waals surface area (Å²) < 4.78 is 32.1. The Labute approximate surface area is 113 Å². The second-order valence-corrected chi connectivity index (χ2v) is 4.29. The van der Waals surface area contributed by atoms with Crippen LogP contribution in [0.25, 0.3) is 11.5 Å². The normalized spacial score (nSPS) is 10.7. The van der Waals surface area contributed by atoms with Crippen LogP contribution >= 0.6 is 0 Å². The molecule has 1 heterocycles. The lowest BCUT2D eigenvalue weighted by Gasteiger charge is -1.97. The summed E-state index contributed by atoms with van der Waals surface area (Å²) in [4.78, 5) is 0. The molecule has 0 saturated carbocycles. The van der Waals surface area contributed by atoms with Gasteiger partial charge in [-0.05, 0) is 29.8 Å². The molecule has 100 valence electrons. The van der Waals surface area contributed by atoms with Crippen molar-refractivity contribution in [2.24, 2.45) is 0 Å². The first-order valence-electron chi connectivity index (χ1n) is 6.04. The summed E-state index contributed by atoms with van der Waals surface area (Å²) in [5.74, 6) is -0.312. The molecule has 0 spiro atoms. The van der Waals surface area contributed by atoms with Crippen LogP contribution in [-0.2, 0) is 6.42 Å². The minimum Gasteiger partial charge on any atom is -0.420 e. The van der Waals surface area contributed by atoms with Gasteiger partial charge in [0.05, 0.1) is 12.0 Å². The van der Waals surface area contributed by atoms with Gasteiger partial charge in [-0.25, -0.2) is 8.78 Å². The van der Waals surface area contributed by atoms with E-state index < -0.39 is 5.82 Å². The lowest BCUT2D eigenvalue weighted by atomic mass is 10.1.